The Morgan fingerprint density at radius 1 is 1.65 bits per heavy atom. The minimum atomic E-state index is -0.0999. The van der Waals surface area contributed by atoms with Crippen LogP contribution >= 0.6 is 12.2 Å². The minimum Gasteiger partial charge on any atom is -0.392 e. The lowest BCUT2D eigenvalue weighted by atomic mass is 10.2. The van der Waals surface area contributed by atoms with Crippen molar-refractivity contribution >= 4 is 23.1 Å². The highest BCUT2D eigenvalue weighted by molar-refractivity contribution is 7.80. The number of hydrogen-bond acceptors (Lipinski definition) is 3. The van der Waals surface area contributed by atoms with E-state index < -0.39 is 0 Å². The second-order valence-corrected chi connectivity index (χ2v) is 4.80. The van der Waals surface area contributed by atoms with E-state index in [-0.39, 0.29) is 11.9 Å². The molecule has 0 bridgehead atoms. The highest BCUT2D eigenvalue weighted by Gasteiger charge is 2.32. The zero-order valence-corrected chi connectivity index (χ0v) is 10.8. The molecule has 0 aromatic carbocycles. The number of carbonyl (C=O) groups is 1. The van der Waals surface area contributed by atoms with Crippen molar-refractivity contribution in [1.82, 2.24) is 14.7 Å². The van der Waals surface area contributed by atoms with E-state index in [9.17, 15) is 4.79 Å². The highest BCUT2D eigenvalue weighted by atomic mass is 32.1. The Morgan fingerprint density at radius 2 is 2.35 bits per heavy atom. The van der Waals surface area contributed by atoms with Gasteiger partial charge in [-0.1, -0.05) is 12.2 Å². The normalized spacial score (nSPS) is 19.6. The van der Waals surface area contributed by atoms with Crippen molar-refractivity contribution in [1.29, 1.82) is 0 Å². The van der Waals surface area contributed by atoms with Crippen molar-refractivity contribution in [2.45, 2.75) is 25.8 Å². The smallest absolute Gasteiger partial charge is 0.257 e. The molecule has 1 fully saturated rings. The van der Waals surface area contributed by atoms with Crippen LogP contribution in [0.25, 0.3) is 0 Å². The van der Waals surface area contributed by atoms with Gasteiger partial charge in [-0.05, 0) is 19.8 Å². The number of aryl methyl sites for hydroxylation is 1. The van der Waals surface area contributed by atoms with E-state index in [1.807, 2.05) is 14.0 Å². The van der Waals surface area contributed by atoms with Gasteiger partial charge in [-0.15, -0.1) is 0 Å². The quantitative estimate of drug-likeness (QED) is 0.784. The number of carbonyl (C=O) groups excluding carboxylic acids is 1. The molecule has 1 amide bonds. The summed E-state index contributed by atoms with van der Waals surface area (Å²) in [5, 5.41) is 4.08. The third-order valence-electron chi connectivity index (χ3n) is 3.31. The van der Waals surface area contributed by atoms with Crippen LogP contribution in [0.3, 0.4) is 0 Å². The van der Waals surface area contributed by atoms with E-state index in [4.69, 9.17) is 18.0 Å². The summed E-state index contributed by atoms with van der Waals surface area (Å²) >= 11 is 5.00. The fourth-order valence-corrected chi connectivity index (χ4v) is 2.41. The Hall–Kier alpha value is -1.43. The van der Waals surface area contributed by atoms with Crippen LogP contribution in [0.5, 0.6) is 0 Å². The van der Waals surface area contributed by atoms with Crippen molar-refractivity contribution in [2.75, 3.05) is 6.54 Å². The molecule has 1 aliphatic rings. The topological polar surface area (TPSA) is 64.2 Å². The first-order valence-corrected chi connectivity index (χ1v) is 6.02. The van der Waals surface area contributed by atoms with Gasteiger partial charge in [0.25, 0.3) is 5.91 Å². The molecule has 92 valence electrons. The SMILES string of the molecule is Cc1c(C(=O)N2CCCC2C(N)=S)cnn1C. The van der Waals surface area contributed by atoms with Crippen molar-refractivity contribution in [2.24, 2.45) is 12.8 Å². The third-order valence-corrected chi connectivity index (χ3v) is 3.58. The van der Waals surface area contributed by atoms with Crippen LogP contribution < -0.4 is 5.73 Å². The van der Waals surface area contributed by atoms with E-state index >= 15 is 0 Å². The van der Waals surface area contributed by atoms with Gasteiger partial charge in [0.2, 0.25) is 0 Å². The van der Waals surface area contributed by atoms with E-state index in [0.29, 0.717) is 10.6 Å². The Balaban J connectivity index is 2.26. The molecule has 1 saturated heterocycles. The van der Waals surface area contributed by atoms with Gasteiger partial charge in [-0.3, -0.25) is 9.48 Å². The standard InChI is InChI=1S/C11H16N4OS/c1-7-8(6-13-14(7)2)11(16)15-5-3-4-9(15)10(12)17/h6,9H,3-5H2,1-2H3,(H2,12,17). The monoisotopic (exact) mass is 252 g/mol. The number of thiocarbonyl (C=S) groups is 1. The lowest BCUT2D eigenvalue weighted by Crippen LogP contribution is -2.42. The number of aromatic nitrogens is 2. The maximum atomic E-state index is 12.4. The molecular formula is C11H16N4OS. The summed E-state index contributed by atoms with van der Waals surface area (Å²) in [7, 11) is 1.82. The van der Waals surface area contributed by atoms with E-state index in [0.717, 1.165) is 25.1 Å². The van der Waals surface area contributed by atoms with E-state index in [1.165, 1.54) is 0 Å². The molecule has 0 spiro atoms. The molecule has 2 heterocycles. The van der Waals surface area contributed by atoms with Crippen molar-refractivity contribution < 1.29 is 4.79 Å². The van der Waals surface area contributed by atoms with Crippen LogP contribution in [0.1, 0.15) is 28.9 Å². The molecule has 0 saturated carbocycles. The first kappa shape index (κ1) is 12.0. The number of hydrogen-bond donors (Lipinski definition) is 1. The Labute approximate surface area is 106 Å². The summed E-state index contributed by atoms with van der Waals surface area (Å²) < 4.78 is 1.69. The highest BCUT2D eigenvalue weighted by Crippen LogP contribution is 2.21. The number of likely N-dealkylation sites (tertiary alicyclic amines) is 1. The van der Waals surface area contributed by atoms with Gasteiger partial charge in [-0.25, -0.2) is 0 Å². The molecule has 1 unspecified atom stereocenters. The summed E-state index contributed by atoms with van der Waals surface area (Å²) in [6.07, 6.45) is 3.42. The first-order chi connectivity index (χ1) is 8.02. The summed E-state index contributed by atoms with van der Waals surface area (Å²) in [4.78, 5) is 14.5. The Morgan fingerprint density at radius 3 is 2.88 bits per heavy atom. The fraction of sp³-hybridized carbons (Fsp3) is 0.545. The van der Waals surface area contributed by atoms with Crippen LogP contribution in [-0.2, 0) is 7.05 Å². The Kier molecular flexibility index (Phi) is 3.15. The van der Waals surface area contributed by atoms with Gasteiger partial charge in [0.1, 0.15) is 0 Å². The van der Waals surface area contributed by atoms with Crippen LogP contribution in [-0.4, -0.2) is 38.2 Å². The molecule has 1 aromatic rings. The predicted octanol–water partition coefficient (Wildman–Crippen LogP) is 0.619. The van der Waals surface area contributed by atoms with Crippen LogP contribution in [0.2, 0.25) is 0 Å². The van der Waals surface area contributed by atoms with Crippen molar-refractivity contribution in [3.05, 3.63) is 17.5 Å². The maximum absolute atomic E-state index is 12.4. The summed E-state index contributed by atoms with van der Waals surface area (Å²) in [6.45, 7) is 2.60. The zero-order chi connectivity index (χ0) is 12.6. The van der Waals surface area contributed by atoms with E-state index in [1.54, 1.807) is 15.8 Å². The molecule has 0 radical (unpaired) electrons. The van der Waals surface area contributed by atoms with Crippen molar-refractivity contribution in [3.8, 4) is 0 Å². The molecule has 5 nitrogen and oxygen atoms in total. The summed E-state index contributed by atoms with van der Waals surface area (Å²) in [6, 6.07) is -0.0999. The van der Waals surface area contributed by atoms with Gasteiger partial charge in [0, 0.05) is 19.3 Å². The van der Waals surface area contributed by atoms with Gasteiger partial charge in [-0.2, -0.15) is 5.10 Å². The molecular weight excluding hydrogens is 236 g/mol. The lowest BCUT2D eigenvalue weighted by molar-refractivity contribution is 0.0769. The molecule has 1 aliphatic heterocycles. The van der Waals surface area contributed by atoms with Gasteiger partial charge in [0.15, 0.2) is 0 Å². The largest absolute Gasteiger partial charge is 0.392 e. The number of amides is 1. The maximum Gasteiger partial charge on any atom is 0.257 e. The zero-order valence-electron chi connectivity index (χ0n) is 10.0. The molecule has 17 heavy (non-hydrogen) atoms. The van der Waals surface area contributed by atoms with Crippen LogP contribution in [0.15, 0.2) is 6.20 Å². The van der Waals surface area contributed by atoms with Gasteiger partial charge >= 0.3 is 0 Å². The van der Waals surface area contributed by atoms with Crippen LogP contribution in [0, 0.1) is 6.92 Å². The average molecular weight is 252 g/mol. The number of nitrogens with zero attached hydrogens (tertiary/aromatic N) is 3. The second kappa shape index (κ2) is 4.44. The third kappa shape index (κ3) is 2.04. The summed E-state index contributed by atoms with van der Waals surface area (Å²) in [5.41, 5.74) is 7.16. The van der Waals surface area contributed by atoms with Gasteiger partial charge < -0.3 is 10.6 Å². The second-order valence-electron chi connectivity index (χ2n) is 4.33. The molecule has 0 aliphatic carbocycles. The molecule has 1 aromatic heterocycles. The predicted molar refractivity (Wildman–Crippen MR) is 68.8 cm³/mol. The van der Waals surface area contributed by atoms with Crippen molar-refractivity contribution in [3.63, 3.8) is 0 Å². The minimum absolute atomic E-state index is 0.0223. The Bertz CT molecular complexity index is 468. The fourth-order valence-electron chi connectivity index (χ4n) is 2.17. The van der Waals surface area contributed by atoms with Gasteiger partial charge in [0.05, 0.1) is 22.8 Å². The lowest BCUT2D eigenvalue weighted by Gasteiger charge is -2.23. The average Bonchev–Trinajstić information content (AvgIpc) is 2.87. The first-order valence-electron chi connectivity index (χ1n) is 5.61. The number of rotatable bonds is 2. The molecule has 1 atom stereocenters. The number of nitrogens with two attached hydrogens (primary N) is 1. The summed E-state index contributed by atoms with van der Waals surface area (Å²) in [5.74, 6) is -0.0223. The molecule has 2 N–H and O–H groups in total. The van der Waals surface area contributed by atoms with E-state index in [2.05, 4.69) is 5.10 Å². The molecule has 6 heteroatoms. The van der Waals surface area contributed by atoms with Crippen LogP contribution in [0.4, 0.5) is 0 Å². The molecule has 2 rings (SSSR count).